The Morgan fingerprint density at radius 2 is 1.73 bits per heavy atom. The van der Waals surface area contributed by atoms with Crippen molar-refractivity contribution in [2.24, 2.45) is 4.99 Å². The molecular weight excluding hydrogens is 382 g/mol. The van der Waals surface area contributed by atoms with E-state index in [9.17, 15) is 10.1 Å². The maximum atomic E-state index is 11.2. The highest BCUT2D eigenvalue weighted by Crippen LogP contribution is 2.17. The molecule has 0 unspecified atom stereocenters. The van der Waals surface area contributed by atoms with Gasteiger partial charge in [0, 0.05) is 44.4 Å². The van der Waals surface area contributed by atoms with Gasteiger partial charge in [-0.15, -0.1) is 0 Å². The lowest BCUT2D eigenvalue weighted by molar-refractivity contribution is -0.385. The van der Waals surface area contributed by atoms with Gasteiger partial charge in [0.1, 0.15) is 0 Å². The lowest BCUT2D eigenvalue weighted by atomic mass is 10.1. The molecular formula is C22H29N5O3. The summed E-state index contributed by atoms with van der Waals surface area (Å²) in [5, 5.41) is 17.6. The molecule has 0 spiro atoms. The Bertz CT molecular complexity index is 865. The van der Waals surface area contributed by atoms with Crippen molar-refractivity contribution in [2.45, 2.75) is 26.6 Å². The fraction of sp³-hybridized carbons (Fsp3) is 0.409. The lowest BCUT2D eigenvalue weighted by Gasteiger charge is -2.27. The molecule has 8 heteroatoms. The van der Waals surface area contributed by atoms with Crippen LogP contribution in [0, 0.1) is 10.1 Å². The summed E-state index contributed by atoms with van der Waals surface area (Å²) in [4.78, 5) is 18.0. The van der Waals surface area contributed by atoms with Crippen LogP contribution in [0.25, 0.3) is 0 Å². The standard InChI is InChI=1S/C22H29N5O3/c1-2-23-22(25-16-19-8-5-6-10-21(19)27(28)29)24-15-18-7-3-4-9-20(18)17-26-11-13-30-14-12-26/h3-10H,2,11-17H2,1H3,(H2,23,24,25). The number of hydrogen-bond acceptors (Lipinski definition) is 5. The van der Waals surface area contributed by atoms with Crippen molar-refractivity contribution in [1.82, 2.24) is 15.5 Å². The fourth-order valence-corrected chi connectivity index (χ4v) is 3.39. The Morgan fingerprint density at radius 1 is 1.07 bits per heavy atom. The number of aliphatic imine (C=N–C) groups is 1. The van der Waals surface area contributed by atoms with Crippen LogP contribution in [0.4, 0.5) is 5.69 Å². The molecule has 1 aliphatic heterocycles. The first-order chi connectivity index (χ1) is 14.7. The van der Waals surface area contributed by atoms with Gasteiger partial charge in [-0.05, 0) is 18.1 Å². The molecule has 1 saturated heterocycles. The molecule has 8 nitrogen and oxygen atoms in total. The summed E-state index contributed by atoms with van der Waals surface area (Å²) in [6.45, 7) is 7.89. The average molecular weight is 412 g/mol. The minimum atomic E-state index is -0.358. The molecule has 30 heavy (non-hydrogen) atoms. The molecule has 1 aliphatic rings. The fourth-order valence-electron chi connectivity index (χ4n) is 3.39. The Morgan fingerprint density at radius 3 is 2.43 bits per heavy atom. The van der Waals surface area contributed by atoms with E-state index in [1.165, 1.54) is 17.2 Å². The number of nitro benzene ring substituents is 1. The van der Waals surface area contributed by atoms with Gasteiger partial charge in [-0.1, -0.05) is 42.5 Å². The number of rotatable bonds is 8. The number of guanidine groups is 1. The Hall–Kier alpha value is -2.97. The van der Waals surface area contributed by atoms with E-state index in [1.807, 2.05) is 13.0 Å². The molecule has 2 aromatic rings. The smallest absolute Gasteiger partial charge is 0.274 e. The van der Waals surface area contributed by atoms with E-state index in [4.69, 9.17) is 9.73 Å². The third-order valence-corrected chi connectivity index (χ3v) is 5.00. The van der Waals surface area contributed by atoms with E-state index in [-0.39, 0.29) is 10.6 Å². The zero-order chi connectivity index (χ0) is 21.2. The summed E-state index contributed by atoms with van der Waals surface area (Å²) in [7, 11) is 0. The van der Waals surface area contributed by atoms with Crippen LogP contribution in [0.2, 0.25) is 0 Å². The number of nitrogens with zero attached hydrogens (tertiary/aromatic N) is 3. The van der Waals surface area contributed by atoms with E-state index in [1.54, 1.807) is 18.2 Å². The van der Waals surface area contributed by atoms with Crippen LogP contribution in [0.5, 0.6) is 0 Å². The highest BCUT2D eigenvalue weighted by Gasteiger charge is 2.14. The van der Waals surface area contributed by atoms with Crippen molar-refractivity contribution in [3.8, 4) is 0 Å². The monoisotopic (exact) mass is 411 g/mol. The van der Waals surface area contributed by atoms with Gasteiger partial charge < -0.3 is 15.4 Å². The molecule has 0 atom stereocenters. The van der Waals surface area contributed by atoms with Gasteiger partial charge in [0.05, 0.1) is 24.7 Å². The van der Waals surface area contributed by atoms with Crippen molar-refractivity contribution < 1.29 is 9.66 Å². The van der Waals surface area contributed by atoms with Gasteiger partial charge in [0.2, 0.25) is 0 Å². The highest BCUT2D eigenvalue weighted by atomic mass is 16.6. The number of benzene rings is 2. The van der Waals surface area contributed by atoms with Gasteiger partial charge in [0.15, 0.2) is 5.96 Å². The molecule has 2 N–H and O–H groups in total. The molecule has 0 saturated carbocycles. The second kappa shape index (κ2) is 11.3. The van der Waals surface area contributed by atoms with Crippen LogP contribution in [-0.2, 0) is 24.4 Å². The Kier molecular flexibility index (Phi) is 8.17. The first-order valence-corrected chi connectivity index (χ1v) is 10.3. The second-order valence-corrected chi connectivity index (χ2v) is 7.09. The number of hydrogen-bond donors (Lipinski definition) is 2. The zero-order valence-electron chi connectivity index (χ0n) is 17.3. The first-order valence-electron chi connectivity index (χ1n) is 10.3. The highest BCUT2D eigenvalue weighted by molar-refractivity contribution is 5.79. The Labute approximate surface area is 177 Å². The molecule has 0 radical (unpaired) electrons. The second-order valence-electron chi connectivity index (χ2n) is 7.09. The predicted octanol–water partition coefficient (Wildman–Crippen LogP) is 2.68. The summed E-state index contributed by atoms with van der Waals surface area (Å²) in [5.41, 5.74) is 3.17. The topological polar surface area (TPSA) is 92.0 Å². The molecule has 160 valence electrons. The van der Waals surface area contributed by atoms with Crippen LogP contribution >= 0.6 is 0 Å². The zero-order valence-corrected chi connectivity index (χ0v) is 17.3. The molecule has 1 fully saturated rings. The van der Waals surface area contributed by atoms with Crippen molar-refractivity contribution in [1.29, 1.82) is 0 Å². The van der Waals surface area contributed by atoms with Crippen molar-refractivity contribution in [3.63, 3.8) is 0 Å². The lowest BCUT2D eigenvalue weighted by Crippen LogP contribution is -2.37. The van der Waals surface area contributed by atoms with Gasteiger partial charge in [-0.2, -0.15) is 0 Å². The van der Waals surface area contributed by atoms with E-state index >= 15 is 0 Å². The van der Waals surface area contributed by atoms with Crippen LogP contribution in [-0.4, -0.2) is 48.6 Å². The largest absolute Gasteiger partial charge is 0.379 e. The first kappa shape index (κ1) is 21.7. The number of nitrogens with one attached hydrogen (secondary N) is 2. The maximum Gasteiger partial charge on any atom is 0.274 e. The van der Waals surface area contributed by atoms with E-state index < -0.39 is 0 Å². The van der Waals surface area contributed by atoms with Crippen LogP contribution in [0.3, 0.4) is 0 Å². The minimum Gasteiger partial charge on any atom is -0.379 e. The normalized spacial score (nSPS) is 15.0. The molecule has 1 heterocycles. The summed E-state index contributed by atoms with van der Waals surface area (Å²) in [5.74, 6) is 0.636. The Balaban J connectivity index is 1.67. The third-order valence-electron chi connectivity index (χ3n) is 5.00. The van der Waals surface area contributed by atoms with Crippen LogP contribution in [0.15, 0.2) is 53.5 Å². The SMILES string of the molecule is CCNC(=NCc1ccccc1CN1CCOCC1)NCc1ccccc1[N+](=O)[O-]. The third kappa shape index (κ3) is 6.27. The van der Waals surface area contributed by atoms with E-state index in [0.29, 0.717) is 31.2 Å². The number of nitro groups is 1. The van der Waals surface area contributed by atoms with Gasteiger partial charge in [0.25, 0.3) is 5.69 Å². The minimum absolute atomic E-state index is 0.108. The molecule has 3 rings (SSSR count). The number of morpholine rings is 1. The van der Waals surface area contributed by atoms with E-state index in [2.05, 4.69) is 33.7 Å². The van der Waals surface area contributed by atoms with Crippen molar-refractivity contribution >= 4 is 11.6 Å². The van der Waals surface area contributed by atoms with Crippen LogP contribution < -0.4 is 10.6 Å². The predicted molar refractivity (Wildman–Crippen MR) is 117 cm³/mol. The summed E-state index contributed by atoms with van der Waals surface area (Å²) >= 11 is 0. The summed E-state index contributed by atoms with van der Waals surface area (Å²) < 4.78 is 5.44. The molecule has 0 aliphatic carbocycles. The number of para-hydroxylation sites is 1. The van der Waals surface area contributed by atoms with Gasteiger partial charge in [-0.3, -0.25) is 15.0 Å². The number of ether oxygens (including phenoxy) is 1. The summed E-state index contributed by atoms with van der Waals surface area (Å²) in [6, 6.07) is 15.1. The summed E-state index contributed by atoms with van der Waals surface area (Å²) in [6.07, 6.45) is 0. The van der Waals surface area contributed by atoms with Crippen molar-refractivity contribution in [2.75, 3.05) is 32.8 Å². The van der Waals surface area contributed by atoms with Crippen molar-refractivity contribution in [3.05, 3.63) is 75.3 Å². The van der Waals surface area contributed by atoms with Crippen LogP contribution in [0.1, 0.15) is 23.6 Å². The molecule has 0 aromatic heterocycles. The quantitative estimate of drug-likeness (QED) is 0.300. The average Bonchev–Trinajstić information content (AvgIpc) is 2.77. The van der Waals surface area contributed by atoms with Gasteiger partial charge in [-0.25, -0.2) is 4.99 Å². The molecule has 2 aromatic carbocycles. The maximum absolute atomic E-state index is 11.2. The molecule has 0 amide bonds. The molecule has 0 bridgehead atoms. The van der Waals surface area contributed by atoms with Gasteiger partial charge >= 0.3 is 0 Å². The van der Waals surface area contributed by atoms with E-state index in [0.717, 1.165) is 32.8 Å².